The van der Waals surface area contributed by atoms with Crippen LogP contribution in [0.15, 0.2) is 199 Å². The second kappa shape index (κ2) is 11.9. The lowest BCUT2D eigenvalue weighted by atomic mass is 10.0. The van der Waals surface area contributed by atoms with Gasteiger partial charge in [-0.3, -0.25) is 0 Å². The van der Waals surface area contributed by atoms with Gasteiger partial charge in [-0.25, -0.2) is 0 Å². The molecule has 240 valence electrons. The predicted molar refractivity (Wildman–Crippen MR) is 214 cm³/mol. The minimum Gasteiger partial charge on any atom is -0.456 e. The Kier molecular flexibility index (Phi) is 6.81. The van der Waals surface area contributed by atoms with E-state index < -0.39 is 0 Å². The molecule has 0 radical (unpaired) electrons. The fourth-order valence-electron chi connectivity index (χ4n) is 7.62. The van der Waals surface area contributed by atoms with Crippen molar-refractivity contribution in [2.75, 3.05) is 4.90 Å². The number of anilines is 3. The van der Waals surface area contributed by atoms with Gasteiger partial charge in [-0.05, 0) is 89.5 Å². The van der Waals surface area contributed by atoms with E-state index in [1.165, 1.54) is 38.6 Å². The molecular formula is C48H32N2O. The Morgan fingerprint density at radius 3 is 1.57 bits per heavy atom. The van der Waals surface area contributed by atoms with Crippen molar-refractivity contribution in [1.82, 2.24) is 4.57 Å². The maximum Gasteiger partial charge on any atom is 0.136 e. The second-order valence-corrected chi connectivity index (χ2v) is 13.0. The fraction of sp³-hybridized carbons (Fsp3) is 0. The molecule has 10 aromatic rings. The Balaban J connectivity index is 1.03. The second-order valence-electron chi connectivity index (χ2n) is 13.0. The highest BCUT2D eigenvalue weighted by Crippen LogP contribution is 2.40. The number of para-hydroxylation sites is 5. The number of hydrogen-bond acceptors (Lipinski definition) is 2. The van der Waals surface area contributed by atoms with Crippen LogP contribution in [0.2, 0.25) is 0 Å². The molecule has 0 saturated heterocycles. The quantitative estimate of drug-likeness (QED) is 0.178. The van der Waals surface area contributed by atoms with Crippen LogP contribution in [0.4, 0.5) is 17.1 Å². The highest BCUT2D eigenvalue weighted by Gasteiger charge is 2.17. The van der Waals surface area contributed by atoms with Crippen LogP contribution < -0.4 is 4.90 Å². The van der Waals surface area contributed by atoms with Crippen LogP contribution in [0.5, 0.6) is 0 Å². The minimum absolute atomic E-state index is 0.906. The van der Waals surface area contributed by atoms with Gasteiger partial charge in [0.2, 0.25) is 0 Å². The maximum atomic E-state index is 6.19. The van der Waals surface area contributed by atoms with Crippen LogP contribution in [0.25, 0.3) is 71.7 Å². The zero-order chi connectivity index (χ0) is 33.7. The molecule has 2 aromatic heterocycles. The summed E-state index contributed by atoms with van der Waals surface area (Å²) in [5.41, 5.74) is 13.3. The molecule has 0 N–H and O–H groups in total. The molecule has 0 saturated carbocycles. The van der Waals surface area contributed by atoms with Crippen LogP contribution in [0.1, 0.15) is 0 Å². The van der Waals surface area contributed by atoms with Gasteiger partial charge in [0.05, 0.1) is 16.7 Å². The van der Waals surface area contributed by atoms with Gasteiger partial charge >= 0.3 is 0 Å². The van der Waals surface area contributed by atoms with Crippen molar-refractivity contribution < 1.29 is 4.42 Å². The summed E-state index contributed by atoms with van der Waals surface area (Å²) >= 11 is 0. The molecule has 0 aliphatic heterocycles. The van der Waals surface area contributed by atoms with Crippen molar-refractivity contribution in [2.45, 2.75) is 0 Å². The molecule has 10 rings (SSSR count). The third-order valence-corrected chi connectivity index (χ3v) is 10.0. The smallest absolute Gasteiger partial charge is 0.136 e. The average molecular weight is 653 g/mol. The van der Waals surface area contributed by atoms with E-state index in [9.17, 15) is 0 Å². The van der Waals surface area contributed by atoms with Gasteiger partial charge in [0, 0.05) is 44.2 Å². The van der Waals surface area contributed by atoms with Crippen LogP contribution in [-0.2, 0) is 0 Å². The van der Waals surface area contributed by atoms with E-state index in [0.717, 1.165) is 50.1 Å². The summed E-state index contributed by atoms with van der Waals surface area (Å²) in [4.78, 5) is 2.31. The Morgan fingerprint density at radius 2 is 0.863 bits per heavy atom. The normalized spacial score (nSPS) is 11.5. The largest absolute Gasteiger partial charge is 0.456 e. The first kappa shape index (κ1) is 29.1. The SMILES string of the molecule is c1ccc(N(c2ccc(-c3ccc4c(c3)oc3ccccc34)cc2)c2ccc(-c3ccccc3-n3c4ccccc4c4ccccc43)cc2)cc1. The summed E-state index contributed by atoms with van der Waals surface area (Å²) in [6.45, 7) is 0. The maximum absolute atomic E-state index is 6.19. The van der Waals surface area contributed by atoms with E-state index in [2.05, 4.69) is 191 Å². The monoisotopic (exact) mass is 652 g/mol. The molecule has 0 unspecified atom stereocenters. The third kappa shape index (κ3) is 4.90. The Morgan fingerprint density at radius 1 is 0.353 bits per heavy atom. The number of furan rings is 1. The first-order valence-corrected chi connectivity index (χ1v) is 17.4. The van der Waals surface area contributed by atoms with Crippen molar-refractivity contribution >= 4 is 60.8 Å². The topological polar surface area (TPSA) is 21.3 Å². The molecule has 0 atom stereocenters. The minimum atomic E-state index is 0.906. The third-order valence-electron chi connectivity index (χ3n) is 10.0. The Labute approximate surface area is 295 Å². The molecule has 0 aliphatic carbocycles. The van der Waals surface area contributed by atoms with Crippen molar-refractivity contribution in [3.8, 4) is 27.9 Å². The van der Waals surface area contributed by atoms with E-state index >= 15 is 0 Å². The standard InChI is InChI=1S/C48H32N2O/c1-2-12-36(13-3-1)49(37-27-22-33(23-28-37)35-26-31-43-42-17-7-11-21-47(42)51-48(43)32-35)38-29-24-34(25-30-38)39-14-4-8-18-44(39)50-45-19-9-5-15-40(45)41-16-6-10-20-46(41)50/h1-32H. The summed E-state index contributed by atoms with van der Waals surface area (Å²) in [5, 5.41) is 4.81. The van der Waals surface area contributed by atoms with Crippen molar-refractivity contribution in [1.29, 1.82) is 0 Å². The van der Waals surface area contributed by atoms with Crippen LogP contribution in [0.3, 0.4) is 0 Å². The van der Waals surface area contributed by atoms with Crippen molar-refractivity contribution in [2.24, 2.45) is 0 Å². The lowest BCUT2D eigenvalue weighted by Crippen LogP contribution is -2.09. The zero-order valence-corrected chi connectivity index (χ0v) is 27.8. The first-order chi connectivity index (χ1) is 25.3. The van der Waals surface area contributed by atoms with E-state index in [4.69, 9.17) is 4.42 Å². The predicted octanol–water partition coefficient (Wildman–Crippen LogP) is 13.5. The van der Waals surface area contributed by atoms with Crippen molar-refractivity contribution in [3.63, 3.8) is 0 Å². The summed E-state index contributed by atoms with van der Waals surface area (Å²) in [5.74, 6) is 0. The average Bonchev–Trinajstić information content (AvgIpc) is 3.74. The Bertz CT molecular complexity index is 2790. The molecule has 0 bridgehead atoms. The summed E-state index contributed by atoms with van der Waals surface area (Å²) in [7, 11) is 0. The number of nitrogens with zero attached hydrogens (tertiary/aromatic N) is 2. The molecule has 2 heterocycles. The Hall–Kier alpha value is -6.84. The highest BCUT2D eigenvalue weighted by atomic mass is 16.3. The van der Waals surface area contributed by atoms with Gasteiger partial charge in [0.25, 0.3) is 0 Å². The number of rotatable bonds is 6. The van der Waals surface area contributed by atoms with Gasteiger partial charge < -0.3 is 13.9 Å². The fourth-order valence-corrected chi connectivity index (χ4v) is 7.62. The molecule has 3 heteroatoms. The van der Waals surface area contributed by atoms with E-state index in [0.29, 0.717) is 0 Å². The molecule has 3 nitrogen and oxygen atoms in total. The number of hydrogen-bond donors (Lipinski definition) is 0. The molecule has 0 amide bonds. The summed E-state index contributed by atoms with van der Waals surface area (Å²) < 4.78 is 8.59. The van der Waals surface area contributed by atoms with E-state index in [1.807, 2.05) is 12.1 Å². The van der Waals surface area contributed by atoms with Gasteiger partial charge in [0.15, 0.2) is 0 Å². The molecule has 0 fully saturated rings. The van der Waals surface area contributed by atoms with E-state index in [1.54, 1.807) is 0 Å². The zero-order valence-electron chi connectivity index (χ0n) is 27.8. The van der Waals surface area contributed by atoms with Crippen LogP contribution in [0, 0.1) is 0 Å². The molecular weight excluding hydrogens is 621 g/mol. The first-order valence-electron chi connectivity index (χ1n) is 17.4. The molecule has 51 heavy (non-hydrogen) atoms. The molecule has 8 aromatic carbocycles. The van der Waals surface area contributed by atoms with Crippen LogP contribution >= 0.6 is 0 Å². The van der Waals surface area contributed by atoms with Gasteiger partial charge in [0.1, 0.15) is 11.2 Å². The summed E-state index contributed by atoms with van der Waals surface area (Å²) in [6.07, 6.45) is 0. The number of fused-ring (bicyclic) bond motifs is 6. The van der Waals surface area contributed by atoms with Crippen LogP contribution in [-0.4, -0.2) is 4.57 Å². The molecule has 0 aliphatic rings. The molecule has 0 spiro atoms. The number of aromatic nitrogens is 1. The lowest BCUT2D eigenvalue weighted by Gasteiger charge is -2.26. The van der Waals surface area contributed by atoms with E-state index in [-0.39, 0.29) is 0 Å². The van der Waals surface area contributed by atoms with Gasteiger partial charge in [-0.1, -0.05) is 121 Å². The lowest BCUT2D eigenvalue weighted by molar-refractivity contribution is 0.669. The number of benzene rings is 8. The van der Waals surface area contributed by atoms with Gasteiger partial charge in [-0.2, -0.15) is 0 Å². The summed E-state index contributed by atoms with van der Waals surface area (Å²) in [6, 6.07) is 69.1. The van der Waals surface area contributed by atoms with Crippen molar-refractivity contribution in [3.05, 3.63) is 194 Å². The highest BCUT2D eigenvalue weighted by molar-refractivity contribution is 6.10. The van der Waals surface area contributed by atoms with Gasteiger partial charge in [-0.15, -0.1) is 0 Å².